The number of fused-ring (bicyclic) bond motifs is 1. The first-order valence-corrected chi connectivity index (χ1v) is 11.1. The van der Waals surface area contributed by atoms with Gasteiger partial charge in [0.25, 0.3) is 5.91 Å². The smallest absolute Gasteiger partial charge is 0.271 e. The molecule has 0 spiro atoms. The number of carbonyl (C=O) groups excluding carboxylic acids is 1. The first kappa shape index (κ1) is 21.8. The third kappa shape index (κ3) is 4.83. The van der Waals surface area contributed by atoms with Crippen molar-refractivity contribution < 1.29 is 4.79 Å². The van der Waals surface area contributed by atoms with Crippen molar-refractivity contribution in [3.8, 4) is 0 Å². The Morgan fingerprint density at radius 3 is 2.76 bits per heavy atom. The number of hydrogen-bond acceptors (Lipinski definition) is 3. The van der Waals surface area contributed by atoms with Gasteiger partial charge in [0.15, 0.2) is 0 Å². The van der Waals surface area contributed by atoms with Crippen molar-refractivity contribution in [2.24, 2.45) is 5.10 Å². The van der Waals surface area contributed by atoms with E-state index in [2.05, 4.69) is 71.8 Å². The van der Waals surface area contributed by atoms with E-state index >= 15 is 0 Å². The van der Waals surface area contributed by atoms with Gasteiger partial charge in [0.1, 0.15) is 0 Å². The Bertz CT molecular complexity index is 998. The minimum absolute atomic E-state index is 0.0623. The van der Waals surface area contributed by atoms with Gasteiger partial charge < -0.3 is 4.90 Å². The molecule has 0 atom stereocenters. The summed E-state index contributed by atoms with van der Waals surface area (Å²) in [5.74, 6) is -0.249. The largest absolute Gasteiger partial charge is 0.362 e. The van der Waals surface area contributed by atoms with E-state index in [9.17, 15) is 4.79 Å². The molecule has 0 bridgehead atoms. The predicted molar refractivity (Wildman–Crippen MR) is 131 cm³/mol. The summed E-state index contributed by atoms with van der Waals surface area (Å²) in [6.45, 7) is 9.70. The number of anilines is 1. The fourth-order valence-electron chi connectivity index (χ4n) is 3.70. The fraction of sp³-hybridized carbons (Fsp3) is 0.304. The Balaban J connectivity index is 1.86. The van der Waals surface area contributed by atoms with Crippen LogP contribution in [-0.4, -0.2) is 24.2 Å². The minimum atomic E-state index is -0.249. The second-order valence-corrected chi connectivity index (χ2v) is 9.39. The summed E-state index contributed by atoms with van der Waals surface area (Å²) in [7, 11) is 0. The van der Waals surface area contributed by atoms with Crippen molar-refractivity contribution in [1.82, 2.24) is 5.43 Å². The molecule has 0 saturated heterocycles. The summed E-state index contributed by atoms with van der Waals surface area (Å²) >= 11 is 8.75. The summed E-state index contributed by atoms with van der Waals surface area (Å²) in [6.07, 6.45) is 4.95. The van der Waals surface area contributed by atoms with E-state index in [1.165, 1.54) is 5.57 Å². The Morgan fingerprint density at radius 1 is 1.31 bits per heavy atom. The quantitative estimate of drug-likeness (QED) is 0.293. The molecule has 0 aromatic heterocycles. The number of halogens is 2. The molecule has 152 valence electrons. The van der Waals surface area contributed by atoms with Gasteiger partial charge in [0, 0.05) is 32.5 Å². The molecule has 6 heteroatoms. The highest BCUT2D eigenvalue weighted by atomic mass is 127. The van der Waals surface area contributed by atoms with Crippen LogP contribution < -0.4 is 10.3 Å². The molecule has 1 amide bonds. The Labute approximate surface area is 191 Å². The van der Waals surface area contributed by atoms with Crippen LogP contribution in [0.4, 0.5) is 5.69 Å². The molecule has 0 unspecified atom stereocenters. The number of nitrogens with one attached hydrogen (secondary N) is 1. The van der Waals surface area contributed by atoms with Crippen LogP contribution in [0.2, 0.25) is 5.02 Å². The van der Waals surface area contributed by atoms with Crippen LogP contribution in [0.15, 0.2) is 47.6 Å². The molecule has 1 heterocycles. The number of hydrogen-bond donors (Lipinski definition) is 1. The number of amides is 1. The van der Waals surface area contributed by atoms with Gasteiger partial charge >= 0.3 is 0 Å². The van der Waals surface area contributed by atoms with Crippen LogP contribution in [0.3, 0.4) is 0 Å². The zero-order chi connectivity index (χ0) is 21.2. The molecule has 0 aliphatic carbocycles. The highest BCUT2D eigenvalue weighted by Crippen LogP contribution is 2.41. The average molecular weight is 522 g/mol. The molecule has 29 heavy (non-hydrogen) atoms. The predicted octanol–water partition coefficient (Wildman–Crippen LogP) is 6.12. The molecule has 3 rings (SSSR count). The molecular weight excluding hydrogens is 497 g/mol. The van der Waals surface area contributed by atoms with Crippen LogP contribution in [0.1, 0.15) is 55.6 Å². The molecule has 2 aromatic rings. The molecule has 1 N–H and O–H groups in total. The number of benzene rings is 2. The summed E-state index contributed by atoms with van der Waals surface area (Å²) in [5.41, 5.74) is 7.36. The van der Waals surface area contributed by atoms with E-state index in [1.807, 2.05) is 30.3 Å². The Hall–Kier alpha value is -1.86. The maximum atomic E-state index is 12.3. The molecule has 0 saturated carbocycles. The molecule has 1 aliphatic heterocycles. The first-order chi connectivity index (χ1) is 13.7. The van der Waals surface area contributed by atoms with Gasteiger partial charge in [-0.15, -0.1) is 0 Å². The lowest BCUT2D eigenvalue weighted by atomic mass is 9.88. The van der Waals surface area contributed by atoms with E-state index in [1.54, 1.807) is 12.3 Å². The number of allylic oxidation sites excluding steroid dienone is 1. The van der Waals surface area contributed by atoms with Gasteiger partial charge in [0.2, 0.25) is 0 Å². The van der Waals surface area contributed by atoms with Gasteiger partial charge in [-0.1, -0.05) is 30.7 Å². The van der Waals surface area contributed by atoms with E-state index in [4.69, 9.17) is 11.6 Å². The lowest BCUT2D eigenvalue weighted by Gasteiger charge is -2.43. The number of hydrazone groups is 1. The van der Waals surface area contributed by atoms with Crippen molar-refractivity contribution in [2.45, 2.75) is 39.7 Å². The van der Waals surface area contributed by atoms with Crippen LogP contribution >= 0.6 is 34.2 Å². The van der Waals surface area contributed by atoms with Crippen molar-refractivity contribution in [3.63, 3.8) is 0 Å². The third-order valence-corrected chi connectivity index (χ3v) is 6.00. The molecular formula is C23H25ClIN3O. The van der Waals surface area contributed by atoms with Gasteiger partial charge in [-0.3, -0.25) is 4.79 Å². The molecule has 0 fully saturated rings. The number of nitrogens with zero attached hydrogens (tertiary/aromatic N) is 2. The van der Waals surface area contributed by atoms with E-state index in [0.717, 1.165) is 33.4 Å². The van der Waals surface area contributed by atoms with Crippen molar-refractivity contribution >= 4 is 57.6 Å². The standard InChI is InChI=1S/C23H25ClIN3O/c1-5-9-28-21-12-20(24)17(11-19(21)15(2)13-23(28,3)4)14-26-27-22(29)16-7-6-8-18(25)10-16/h6-8,10-14H,5,9H2,1-4H3,(H,27,29)/b26-14-. The van der Waals surface area contributed by atoms with Gasteiger partial charge in [-0.05, 0) is 85.7 Å². The van der Waals surface area contributed by atoms with E-state index in [-0.39, 0.29) is 11.4 Å². The lowest BCUT2D eigenvalue weighted by Crippen LogP contribution is -2.45. The SMILES string of the molecule is CCCN1c2cc(Cl)c(/C=N\NC(=O)c3cccc(I)c3)cc2C(C)=CC1(C)C. The Kier molecular flexibility index (Phi) is 6.69. The highest BCUT2D eigenvalue weighted by molar-refractivity contribution is 14.1. The first-order valence-electron chi connectivity index (χ1n) is 9.63. The monoisotopic (exact) mass is 521 g/mol. The van der Waals surface area contributed by atoms with Gasteiger partial charge in [-0.2, -0.15) is 5.10 Å². The summed E-state index contributed by atoms with van der Waals surface area (Å²) in [6, 6.07) is 11.4. The normalized spacial score (nSPS) is 15.2. The zero-order valence-corrected chi connectivity index (χ0v) is 20.0. The van der Waals surface area contributed by atoms with E-state index in [0.29, 0.717) is 10.6 Å². The molecule has 2 aromatic carbocycles. The van der Waals surface area contributed by atoms with Gasteiger partial charge in [-0.25, -0.2) is 5.43 Å². The van der Waals surface area contributed by atoms with Crippen LogP contribution in [0.5, 0.6) is 0 Å². The number of rotatable bonds is 5. The van der Waals surface area contributed by atoms with E-state index < -0.39 is 0 Å². The molecule has 1 aliphatic rings. The van der Waals surface area contributed by atoms with Crippen LogP contribution in [0.25, 0.3) is 5.57 Å². The second-order valence-electron chi connectivity index (χ2n) is 7.73. The maximum Gasteiger partial charge on any atom is 0.271 e. The van der Waals surface area contributed by atoms with Crippen LogP contribution in [0, 0.1) is 3.57 Å². The van der Waals surface area contributed by atoms with Crippen molar-refractivity contribution in [3.05, 3.63) is 67.8 Å². The summed E-state index contributed by atoms with van der Waals surface area (Å²) in [4.78, 5) is 14.7. The average Bonchev–Trinajstić information content (AvgIpc) is 2.65. The Morgan fingerprint density at radius 2 is 2.07 bits per heavy atom. The highest BCUT2D eigenvalue weighted by Gasteiger charge is 2.31. The fourth-order valence-corrected chi connectivity index (χ4v) is 4.45. The second kappa shape index (κ2) is 8.88. The lowest BCUT2D eigenvalue weighted by molar-refractivity contribution is 0.0955. The minimum Gasteiger partial charge on any atom is -0.362 e. The topological polar surface area (TPSA) is 44.7 Å². The maximum absolute atomic E-state index is 12.3. The van der Waals surface area contributed by atoms with Crippen LogP contribution in [-0.2, 0) is 0 Å². The van der Waals surface area contributed by atoms with Gasteiger partial charge in [0.05, 0.1) is 16.8 Å². The molecule has 4 nitrogen and oxygen atoms in total. The van der Waals surface area contributed by atoms with Crippen molar-refractivity contribution in [2.75, 3.05) is 11.4 Å². The molecule has 0 radical (unpaired) electrons. The summed E-state index contributed by atoms with van der Waals surface area (Å²) < 4.78 is 0.999. The summed E-state index contributed by atoms with van der Waals surface area (Å²) in [5, 5.41) is 4.74. The van der Waals surface area contributed by atoms with Crippen molar-refractivity contribution in [1.29, 1.82) is 0 Å². The third-order valence-electron chi connectivity index (χ3n) is 5.00. The zero-order valence-electron chi connectivity index (χ0n) is 17.1. The number of carbonyl (C=O) groups is 1.